The lowest BCUT2D eigenvalue weighted by Gasteiger charge is -2.31. The van der Waals surface area contributed by atoms with Crippen molar-refractivity contribution in [2.75, 3.05) is 26.2 Å². The first-order valence-electron chi connectivity index (χ1n) is 9.20. The van der Waals surface area contributed by atoms with Crippen molar-refractivity contribution in [1.82, 2.24) is 10.2 Å². The van der Waals surface area contributed by atoms with Gasteiger partial charge in [-0.25, -0.2) is 0 Å². The maximum atomic E-state index is 12.2. The second-order valence-electron chi connectivity index (χ2n) is 8.09. The van der Waals surface area contributed by atoms with Crippen LogP contribution in [0.15, 0.2) is 24.3 Å². The molecule has 1 saturated heterocycles. The molecule has 1 fully saturated rings. The summed E-state index contributed by atoms with van der Waals surface area (Å²) in [4.78, 5) is 14.5. The fourth-order valence-electron chi connectivity index (χ4n) is 2.95. The van der Waals surface area contributed by atoms with Crippen LogP contribution in [-0.2, 0) is 0 Å². The van der Waals surface area contributed by atoms with Gasteiger partial charge in [0.25, 0.3) is 5.91 Å². The number of amides is 1. The third-order valence-corrected chi connectivity index (χ3v) is 4.38. The van der Waals surface area contributed by atoms with Crippen molar-refractivity contribution in [2.45, 2.75) is 52.2 Å². The van der Waals surface area contributed by atoms with Crippen LogP contribution in [0.25, 0.3) is 0 Å². The van der Waals surface area contributed by atoms with Crippen LogP contribution in [0.3, 0.4) is 0 Å². The average Bonchev–Trinajstić information content (AvgIpc) is 2.54. The lowest BCUT2D eigenvalue weighted by atomic mass is 9.99. The molecule has 1 aromatic carbocycles. The Morgan fingerprint density at radius 1 is 1.28 bits per heavy atom. The van der Waals surface area contributed by atoms with Gasteiger partial charge in [-0.15, -0.1) is 0 Å². The molecule has 0 aliphatic carbocycles. The Hall–Kier alpha value is -1.59. The molecule has 0 radical (unpaired) electrons. The number of likely N-dealkylation sites (tertiary alicyclic amines) is 1. The number of rotatable bonds is 6. The molecule has 2 N–H and O–H groups in total. The van der Waals surface area contributed by atoms with E-state index in [4.69, 9.17) is 4.74 Å². The highest BCUT2D eigenvalue weighted by molar-refractivity contribution is 5.94. The Bertz CT molecular complexity index is 543. The van der Waals surface area contributed by atoms with Gasteiger partial charge in [0.1, 0.15) is 11.4 Å². The summed E-state index contributed by atoms with van der Waals surface area (Å²) in [5, 5.41) is 13.0. The number of β-amino-alcohol motifs (C(OH)–C–C–N with tert-alkyl or cyclic N) is 1. The van der Waals surface area contributed by atoms with Gasteiger partial charge in [0.2, 0.25) is 0 Å². The predicted molar refractivity (Wildman–Crippen MR) is 100 cm³/mol. The molecule has 1 atom stereocenters. The SMILES string of the molecule is CC1CCN(CC(O)CNC(=O)c2ccc(OC(C)(C)C)cc2)CC1. The van der Waals surface area contributed by atoms with E-state index in [2.05, 4.69) is 17.1 Å². The van der Waals surface area contributed by atoms with E-state index in [-0.39, 0.29) is 18.1 Å². The predicted octanol–water partition coefficient (Wildman–Crippen LogP) is 2.69. The van der Waals surface area contributed by atoms with Crippen molar-refractivity contribution >= 4 is 5.91 Å². The van der Waals surface area contributed by atoms with Crippen LogP contribution in [0.2, 0.25) is 0 Å². The normalized spacial score (nSPS) is 18.0. The number of carbonyl (C=O) groups excluding carboxylic acids is 1. The molecule has 5 nitrogen and oxygen atoms in total. The molecule has 0 spiro atoms. The molecule has 25 heavy (non-hydrogen) atoms. The average molecular weight is 348 g/mol. The van der Waals surface area contributed by atoms with E-state index in [9.17, 15) is 9.90 Å². The molecule has 1 aromatic rings. The molecule has 0 aromatic heterocycles. The van der Waals surface area contributed by atoms with Gasteiger partial charge in [0.05, 0.1) is 6.10 Å². The highest BCUT2D eigenvalue weighted by Gasteiger charge is 2.19. The summed E-state index contributed by atoms with van der Waals surface area (Å²) in [6.45, 7) is 11.2. The molecule has 0 saturated carbocycles. The van der Waals surface area contributed by atoms with Gasteiger partial charge in [-0.1, -0.05) is 6.92 Å². The number of carbonyl (C=O) groups is 1. The van der Waals surface area contributed by atoms with Crippen molar-refractivity contribution in [1.29, 1.82) is 0 Å². The van der Waals surface area contributed by atoms with E-state index in [1.807, 2.05) is 20.8 Å². The molecule has 1 aliphatic heterocycles. The maximum Gasteiger partial charge on any atom is 0.251 e. The summed E-state index contributed by atoms with van der Waals surface area (Å²) in [6.07, 6.45) is 1.82. The molecule has 1 heterocycles. The number of hydrogen-bond donors (Lipinski definition) is 2. The summed E-state index contributed by atoms with van der Waals surface area (Å²) in [5.41, 5.74) is 0.306. The van der Waals surface area contributed by atoms with Gasteiger partial charge in [-0.05, 0) is 76.9 Å². The van der Waals surface area contributed by atoms with Crippen molar-refractivity contribution in [3.8, 4) is 5.75 Å². The van der Waals surface area contributed by atoms with Gasteiger partial charge in [0.15, 0.2) is 0 Å². The number of ether oxygens (including phenoxy) is 1. The van der Waals surface area contributed by atoms with Gasteiger partial charge >= 0.3 is 0 Å². The Morgan fingerprint density at radius 3 is 2.44 bits per heavy atom. The fourth-order valence-corrected chi connectivity index (χ4v) is 2.95. The van der Waals surface area contributed by atoms with E-state index in [0.29, 0.717) is 12.1 Å². The number of nitrogens with one attached hydrogen (secondary N) is 1. The molecule has 0 bridgehead atoms. The Morgan fingerprint density at radius 2 is 1.88 bits per heavy atom. The van der Waals surface area contributed by atoms with E-state index < -0.39 is 6.10 Å². The molecule has 1 unspecified atom stereocenters. The number of aliphatic hydroxyl groups is 1. The topological polar surface area (TPSA) is 61.8 Å². The van der Waals surface area contributed by atoms with Crippen LogP contribution < -0.4 is 10.1 Å². The first-order chi connectivity index (χ1) is 11.7. The molecular weight excluding hydrogens is 316 g/mol. The van der Waals surface area contributed by atoms with Gasteiger partial charge < -0.3 is 20.1 Å². The van der Waals surface area contributed by atoms with E-state index in [1.54, 1.807) is 24.3 Å². The summed E-state index contributed by atoms with van der Waals surface area (Å²) in [7, 11) is 0. The van der Waals surface area contributed by atoms with E-state index in [0.717, 1.165) is 24.8 Å². The second-order valence-corrected chi connectivity index (χ2v) is 8.09. The monoisotopic (exact) mass is 348 g/mol. The highest BCUT2D eigenvalue weighted by Crippen LogP contribution is 2.18. The van der Waals surface area contributed by atoms with Crippen LogP contribution >= 0.6 is 0 Å². The van der Waals surface area contributed by atoms with Crippen molar-refractivity contribution < 1.29 is 14.6 Å². The van der Waals surface area contributed by atoms with Gasteiger partial charge in [0, 0.05) is 18.7 Å². The smallest absolute Gasteiger partial charge is 0.251 e. The zero-order valence-corrected chi connectivity index (χ0v) is 15.9. The minimum atomic E-state index is -0.541. The largest absolute Gasteiger partial charge is 0.488 e. The first-order valence-corrected chi connectivity index (χ1v) is 9.20. The lowest BCUT2D eigenvalue weighted by Crippen LogP contribution is -2.43. The van der Waals surface area contributed by atoms with E-state index in [1.165, 1.54) is 12.8 Å². The van der Waals surface area contributed by atoms with Crippen molar-refractivity contribution in [3.63, 3.8) is 0 Å². The Balaban J connectivity index is 1.75. The molecule has 1 aliphatic rings. The van der Waals surface area contributed by atoms with E-state index >= 15 is 0 Å². The summed E-state index contributed by atoms with van der Waals surface area (Å²) >= 11 is 0. The Labute approximate surface area is 151 Å². The van der Waals surface area contributed by atoms with Crippen LogP contribution in [0.4, 0.5) is 0 Å². The molecule has 1 amide bonds. The second kappa shape index (κ2) is 8.68. The molecular formula is C20H32N2O3. The number of benzene rings is 1. The van der Waals surface area contributed by atoms with Gasteiger partial charge in [-0.2, -0.15) is 0 Å². The third kappa shape index (κ3) is 7.04. The minimum Gasteiger partial charge on any atom is -0.488 e. The quantitative estimate of drug-likeness (QED) is 0.830. The number of nitrogens with zero attached hydrogens (tertiary/aromatic N) is 1. The zero-order chi connectivity index (χ0) is 18.4. The first kappa shape index (κ1) is 19.7. The van der Waals surface area contributed by atoms with Crippen molar-refractivity contribution in [3.05, 3.63) is 29.8 Å². The molecule has 140 valence electrons. The summed E-state index contributed by atoms with van der Waals surface area (Å²) in [6, 6.07) is 7.08. The van der Waals surface area contributed by atoms with Crippen LogP contribution in [0.1, 0.15) is 50.9 Å². The van der Waals surface area contributed by atoms with Crippen LogP contribution in [0, 0.1) is 5.92 Å². The minimum absolute atomic E-state index is 0.173. The maximum absolute atomic E-state index is 12.2. The summed E-state index contributed by atoms with van der Waals surface area (Å²) in [5.74, 6) is 1.34. The fraction of sp³-hybridized carbons (Fsp3) is 0.650. The molecule has 5 heteroatoms. The zero-order valence-electron chi connectivity index (χ0n) is 15.9. The number of hydrogen-bond acceptors (Lipinski definition) is 4. The Kier molecular flexibility index (Phi) is 6.85. The van der Waals surface area contributed by atoms with Crippen LogP contribution in [0.5, 0.6) is 5.75 Å². The lowest BCUT2D eigenvalue weighted by molar-refractivity contribution is 0.0795. The summed E-state index contributed by atoms with van der Waals surface area (Å²) < 4.78 is 5.75. The molecule has 2 rings (SSSR count). The number of aliphatic hydroxyl groups excluding tert-OH is 1. The standard InChI is InChI=1S/C20H32N2O3/c1-15-9-11-22(12-10-15)14-17(23)13-21-19(24)16-5-7-18(8-6-16)25-20(2,3)4/h5-8,15,17,23H,9-14H2,1-4H3,(H,21,24). The third-order valence-electron chi connectivity index (χ3n) is 4.38. The number of piperidine rings is 1. The highest BCUT2D eigenvalue weighted by atomic mass is 16.5. The van der Waals surface area contributed by atoms with Gasteiger partial charge in [-0.3, -0.25) is 4.79 Å². The van der Waals surface area contributed by atoms with Crippen molar-refractivity contribution in [2.24, 2.45) is 5.92 Å². The van der Waals surface area contributed by atoms with Crippen LogP contribution in [-0.4, -0.2) is 53.8 Å².